The van der Waals surface area contributed by atoms with Gasteiger partial charge in [0.05, 0.1) is 12.6 Å². The summed E-state index contributed by atoms with van der Waals surface area (Å²) in [6.45, 7) is 4.93. The number of hydrogen-bond donors (Lipinski definition) is 0. The van der Waals surface area contributed by atoms with Crippen LogP contribution in [0.2, 0.25) is 0 Å². The van der Waals surface area contributed by atoms with Crippen molar-refractivity contribution < 1.29 is 9.59 Å². The van der Waals surface area contributed by atoms with E-state index in [-0.39, 0.29) is 24.4 Å². The molecule has 6 heteroatoms. The van der Waals surface area contributed by atoms with Gasteiger partial charge in [-0.2, -0.15) is 0 Å². The molecule has 0 radical (unpaired) electrons. The second-order valence-electron chi connectivity index (χ2n) is 6.83. The Balaban J connectivity index is 1.87. The van der Waals surface area contributed by atoms with Gasteiger partial charge < -0.3 is 9.80 Å². The summed E-state index contributed by atoms with van der Waals surface area (Å²) in [6.07, 6.45) is 1.65. The quantitative estimate of drug-likeness (QED) is 0.680. The molecule has 3 rings (SSSR count). The van der Waals surface area contributed by atoms with Gasteiger partial charge in [0.15, 0.2) is 0 Å². The van der Waals surface area contributed by atoms with Gasteiger partial charge in [0.25, 0.3) is 0 Å². The molecule has 0 saturated heterocycles. The monoisotopic (exact) mass is 404 g/mol. The maximum atomic E-state index is 13.2. The molecule has 4 nitrogen and oxygen atoms in total. The van der Waals surface area contributed by atoms with Gasteiger partial charge in [0, 0.05) is 18.0 Å². The predicted octanol–water partition coefficient (Wildman–Crippen LogP) is 4.09. The first kappa shape index (κ1) is 19.9. The van der Waals surface area contributed by atoms with Crippen molar-refractivity contribution in [3.63, 3.8) is 0 Å². The van der Waals surface area contributed by atoms with Crippen molar-refractivity contribution in [2.45, 2.75) is 38.1 Å². The lowest BCUT2D eigenvalue weighted by Gasteiger charge is -2.37. The van der Waals surface area contributed by atoms with Gasteiger partial charge in [-0.15, -0.1) is 22.9 Å². The highest BCUT2D eigenvalue weighted by Crippen LogP contribution is 2.37. The predicted molar refractivity (Wildman–Crippen MR) is 110 cm³/mol. The summed E-state index contributed by atoms with van der Waals surface area (Å²) in [5.41, 5.74) is 2.30. The fourth-order valence-corrected chi connectivity index (χ4v) is 4.66. The average Bonchev–Trinajstić information content (AvgIpc) is 3.15. The lowest BCUT2D eigenvalue weighted by molar-refractivity contribution is -0.141. The number of fused-ring (bicyclic) bond motifs is 1. The van der Waals surface area contributed by atoms with E-state index >= 15 is 0 Å². The van der Waals surface area contributed by atoms with Gasteiger partial charge in [-0.1, -0.05) is 37.3 Å². The average molecular weight is 405 g/mol. The topological polar surface area (TPSA) is 40.6 Å². The molecule has 0 fully saturated rings. The highest BCUT2D eigenvalue weighted by molar-refractivity contribution is 7.10. The van der Waals surface area contributed by atoms with Crippen LogP contribution >= 0.6 is 22.9 Å². The van der Waals surface area contributed by atoms with Crippen LogP contribution in [0.1, 0.15) is 42.3 Å². The van der Waals surface area contributed by atoms with Crippen LogP contribution in [0.15, 0.2) is 41.8 Å². The van der Waals surface area contributed by atoms with Crippen molar-refractivity contribution >= 4 is 34.8 Å². The summed E-state index contributed by atoms with van der Waals surface area (Å²) < 4.78 is 0. The number of alkyl halides is 1. The van der Waals surface area contributed by atoms with Crippen molar-refractivity contribution in [2.75, 3.05) is 19.6 Å². The molecule has 0 bridgehead atoms. The van der Waals surface area contributed by atoms with E-state index in [1.807, 2.05) is 30.0 Å². The van der Waals surface area contributed by atoms with Crippen molar-refractivity contribution in [3.05, 3.63) is 57.8 Å². The fraction of sp³-hybridized carbons (Fsp3) is 0.429. The van der Waals surface area contributed by atoms with Gasteiger partial charge in [-0.3, -0.25) is 9.59 Å². The number of hydrogen-bond acceptors (Lipinski definition) is 3. The lowest BCUT2D eigenvalue weighted by atomic mass is 9.93. The van der Waals surface area contributed by atoms with Gasteiger partial charge in [0.2, 0.25) is 11.8 Å². The summed E-state index contributed by atoms with van der Waals surface area (Å²) >= 11 is 7.74. The molecule has 2 amide bonds. The van der Waals surface area contributed by atoms with Crippen molar-refractivity contribution in [1.29, 1.82) is 0 Å². The third-order valence-electron chi connectivity index (χ3n) is 4.87. The highest BCUT2D eigenvalue weighted by Gasteiger charge is 2.34. The van der Waals surface area contributed by atoms with E-state index < -0.39 is 5.38 Å². The Hall–Kier alpha value is -1.85. The van der Waals surface area contributed by atoms with Gasteiger partial charge in [0.1, 0.15) is 5.38 Å². The van der Waals surface area contributed by atoms with Crippen molar-refractivity contribution in [1.82, 2.24) is 9.80 Å². The Morgan fingerprint density at radius 3 is 2.70 bits per heavy atom. The molecular formula is C21H25ClN2O2S. The van der Waals surface area contributed by atoms with Crippen LogP contribution in [0.25, 0.3) is 0 Å². The number of carbonyl (C=O) groups excluding carboxylic acids is 2. The summed E-state index contributed by atoms with van der Waals surface area (Å²) in [5, 5.41) is 1.47. The molecule has 2 unspecified atom stereocenters. The smallest absolute Gasteiger partial charge is 0.242 e. The van der Waals surface area contributed by atoms with Gasteiger partial charge >= 0.3 is 0 Å². The van der Waals surface area contributed by atoms with Gasteiger partial charge in [-0.05, 0) is 42.3 Å². The van der Waals surface area contributed by atoms with Crippen LogP contribution in [0.5, 0.6) is 0 Å². The SMILES string of the molecule is CCCN(CC(=O)N1CCc2sccc2C1c1ccccc1)C(=O)C(C)Cl. The molecule has 0 aliphatic carbocycles. The highest BCUT2D eigenvalue weighted by atomic mass is 35.5. The minimum Gasteiger partial charge on any atom is -0.332 e. The summed E-state index contributed by atoms with van der Waals surface area (Å²) in [6, 6.07) is 12.1. The molecule has 2 atom stereocenters. The zero-order chi connectivity index (χ0) is 19.4. The van der Waals surface area contributed by atoms with Crippen LogP contribution in [-0.4, -0.2) is 46.6 Å². The molecule has 0 N–H and O–H groups in total. The number of thiophene rings is 1. The standard InChI is InChI=1S/C21H25ClN2O2S/c1-3-11-23(21(26)15(2)22)14-19(25)24-12-9-18-17(10-13-27-18)20(24)16-7-5-4-6-8-16/h4-8,10,13,15,20H,3,9,11-12,14H2,1-2H3. The second-order valence-corrected chi connectivity index (χ2v) is 8.48. The van der Waals surface area contributed by atoms with E-state index in [0.717, 1.165) is 18.4 Å². The number of halogens is 1. The molecule has 1 aromatic heterocycles. The molecular weight excluding hydrogens is 380 g/mol. The van der Waals surface area contributed by atoms with E-state index in [2.05, 4.69) is 23.6 Å². The molecule has 2 heterocycles. The van der Waals surface area contributed by atoms with E-state index in [9.17, 15) is 9.59 Å². The first-order chi connectivity index (χ1) is 13.0. The summed E-state index contributed by atoms with van der Waals surface area (Å²) in [5.74, 6) is -0.212. The molecule has 2 aromatic rings. The van der Waals surface area contributed by atoms with Crippen molar-refractivity contribution in [2.24, 2.45) is 0 Å². The maximum absolute atomic E-state index is 13.2. The first-order valence-corrected chi connectivity index (χ1v) is 10.7. The molecule has 144 valence electrons. The maximum Gasteiger partial charge on any atom is 0.242 e. The Morgan fingerprint density at radius 2 is 2.04 bits per heavy atom. The van der Waals surface area contributed by atoms with Crippen LogP contribution in [0, 0.1) is 0 Å². The van der Waals surface area contributed by atoms with Crippen molar-refractivity contribution in [3.8, 4) is 0 Å². The fourth-order valence-electron chi connectivity index (χ4n) is 3.62. The van der Waals surface area contributed by atoms with Crippen LogP contribution in [0.3, 0.4) is 0 Å². The third-order valence-corrected chi connectivity index (χ3v) is 6.06. The van der Waals surface area contributed by atoms with Crippen LogP contribution < -0.4 is 0 Å². The second kappa shape index (κ2) is 8.89. The number of amides is 2. The number of benzene rings is 1. The van der Waals surface area contributed by atoms with Crippen LogP contribution in [-0.2, 0) is 16.0 Å². The van der Waals surface area contributed by atoms with E-state index in [0.29, 0.717) is 13.1 Å². The molecule has 1 aliphatic rings. The zero-order valence-corrected chi connectivity index (χ0v) is 17.3. The summed E-state index contributed by atoms with van der Waals surface area (Å²) in [7, 11) is 0. The molecule has 0 saturated carbocycles. The normalized spacial score (nSPS) is 17.3. The minimum absolute atomic E-state index is 0.0279. The lowest BCUT2D eigenvalue weighted by Crippen LogP contribution is -2.48. The first-order valence-electron chi connectivity index (χ1n) is 9.36. The Kier molecular flexibility index (Phi) is 6.55. The number of carbonyl (C=O) groups is 2. The Morgan fingerprint density at radius 1 is 1.30 bits per heavy atom. The third kappa shape index (κ3) is 4.36. The van der Waals surface area contributed by atoms with Gasteiger partial charge in [-0.25, -0.2) is 0 Å². The van der Waals surface area contributed by atoms with E-state index in [1.54, 1.807) is 23.2 Å². The molecule has 1 aliphatic heterocycles. The van der Waals surface area contributed by atoms with Crippen LogP contribution in [0.4, 0.5) is 0 Å². The number of rotatable bonds is 6. The van der Waals surface area contributed by atoms with E-state index in [4.69, 9.17) is 11.6 Å². The summed E-state index contributed by atoms with van der Waals surface area (Å²) in [4.78, 5) is 30.4. The molecule has 27 heavy (non-hydrogen) atoms. The minimum atomic E-state index is -0.626. The van der Waals surface area contributed by atoms with E-state index in [1.165, 1.54) is 10.4 Å². The Bertz CT molecular complexity index is 790. The molecule has 0 spiro atoms. The molecule has 1 aromatic carbocycles. The number of nitrogens with zero attached hydrogens (tertiary/aromatic N) is 2. The zero-order valence-electron chi connectivity index (χ0n) is 15.7. The Labute approximate surface area is 169 Å². The largest absolute Gasteiger partial charge is 0.332 e.